The smallest absolute Gasteiger partial charge is 0.259 e. The number of aryl methyl sites for hydroxylation is 1. The summed E-state index contributed by atoms with van der Waals surface area (Å²) < 4.78 is 1.69. The molecule has 2 aromatic heterocycles. The molecule has 19 heavy (non-hydrogen) atoms. The van der Waals surface area contributed by atoms with Crippen LogP contribution in [0.2, 0.25) is 0 Å². The molecule has 4 nitrogen and oxygen atoms in total. The Morgan fingerprint density at radius 2 is 2.32 bits per heavy atom. The third-order valence-electron chi connectivity index (χ3n) is 3.93. The molecule has 2 aromatic rings. The number of thiazole rings is 1. The third-order valence-corrected chi connectivity index (χ3v) is 4.88. The normalized spacial score (nSPS) is 21.1. The van der Waals surface area contributed by atoms with Gasteiger partial charge in [-0.2, -0.15) is 0 Å². The van der Waals surface area contributed by atoms with E-state index in [1.165, 1.54) is 30.6 Å². The van der Waals surface area contributed by atoms with E-state index in [4.69, 9.17) is 0 Å². The van der Waals surface area contributed by atoms with Crippen LogP contribution in [0.5, 0.6) is 0 Å². The molecule has 0 spiro atoms. The predicted molar refractivity (Wildman–Crippen MR) is 77.8 cm³/mol. The van der Waals surface area contributed by atoms with Crippen molar-refractivity contribution in [1.29, 1.82) is 0 Å². The van der Waals surface area contributed by atoms with E-state index < -0.39 is 0 Å². The Morgan fingerprint density at radius 1 is 1.47 bits per heavy atom. The summed E-state index contributed by atoms with van der Waals surface area (Å²) in [4.78, 5) is 20.0. The summed E-state index contributed by atoms with van der Waals surface area (Å²) in [6, 6.07) is 2.28. The minimum absolute atomic E-state index is 0.0448. The van der Waals surface area contributed by atoms with Gasteiger partial charge in [-0.05, 0) is 33.2 Å². The Labute approximate surface area is 116 Å². The van der Waals surface area contributed by atoms with Crippen molar-refractivity contribution in [2.24, 2.45) is 0 Å². The average Bonchev–Trinajstić information content (AvgIpc) is 2.74. The molecule has 0 aliphatic carbocycles. The molecule has 1 fully saturated rings. The van der Waals surface area contributed by atoms with Crippen LogP contribution in [-0.2, 0) is 6.54 Å². The molecule has 0 bridgehead atoms. The molecule has 0 saturated carbocycles. The second-order valence-electron chi connectivity index (χ2n) is 5.40. The molecule has 0 N–H and O–H groups in total. The number of likely N-dealkylation sites (tertiary alicyclic amines) is 1. The lowest BCUT2D eigenvalue weighted by molar-refractivity contribution is 0.151. The van der Waals surface area contributed by atoms with E-state index in [-0.39, 0.29) is 5.56 Å². The maximum atomic E-state index is 12.1. The van der Waals surface area contributed by atoms with Crippen molar-refractivity contribution in [3.8, 4) is 0 Å². The Bertz CT molecular complexity index is 646. The lowest BCUT2D eigenvalue weighted by Gasteiger charge is -2.32. The van der Waals surface area contributed by atoms with Crippen LogP contribution in [0.25, 0.3) is 4.96 Å². The maximum Gasteiger partial charge on any atom is 0.259 e. The third kappa shape index (κ3) is 2.44. The highest BCUT2D eigenvalue weighted by molar-refractivity contribution is 7.15. The van der Waals surface area contributed by atoms with Crippen LogP contribution in [0.3, 0.4) is 0 Å². The van der Waals surface area contributed by atoms with Crippen molar-refractivity contribution >= 4 is 16.3 Å². The van der Waals surface area contributed by atoms with Gasteiger partial charge in [-0.15, -0.1) is 11.3 Å². The number of aromatic nitrogens is 2. The monoisotopic (exact) mass is 277 g/mol. The number of hydrogen-bond acceptors (Lipinski definition) is 4. The van der Waals surface area contributed by atoms with Gasteiger partial charge >= 0.3 is 0 Å². The molecule has 3 heterocycles. The lowest BCUT2D eigenvalue weighted by Crippen LogP contribution is -2.37. The zero-order valence-electron chi connectivity index (χ0n) is 11.4. The molecule has 1 aliphatic heterocycles. The van der Waals surface area contributed by atoms with E-state index in [1.807, 2.05) is 12.3 Å². The van der Waals surface area contributed by atoms with E-state index in [0.717, 1.165) is 29.4 Å². The molecular formula is C14H19N3OS. The summed E-state index contributed by atoms with van der Waals surface area (Å²) in [7, 11) is 0. The van der Waals surface area contributed by atoms with Gasteiger partial charge in [0.15, 0.2) is 4.96 Å². The highest BCUT2D eigenvalue weighted by Crippen LogP contribution is 2.19. The van der Waals surface area contributed by atoms with Crippen LogP contribution in [0.1, 0.15) is 37.6 Å². The number of nitrogens with zero attached hydrogens (tertiary/aromatic N) is 3. The standard InChI is InChI=1S/C14H19N3OS/c1-10-5-3-4-6-16(10)8-12-7-13(18)17-11(2)9-19-14(17)15-12/h7,9-10H,3-6,8H2,1-2H3. The van der Waals surface area contributed by atoms with Crippen LogP contribution >= 0.6 is 11.3 Å². The predicted octanol–water partition coefficient (Wildman–Crippen LogP) is 2.44. The van der Waals surface area contributed by atoms with E-state index >= 15 is 0 Å². The molecule has 1 saturated heterocycles. The number of fused-ring (bicyclic) bond motifs is 1. The minimum Gasteiger partial charge on any atom is -0.295 e. The van der Waals surface area contributed by atoms with Crippen molar-refractivity contribution in [2.75, 3.05) is 6.54 Å². The van der Waals surface area contributed by atoms with Crippen molar-refractivity contribution in [3.63, 3.8) is 0 Å². The zero-order valence-corrected chi connectivity index (χ0v) is 12.2. The first-order valence-corrected chi connectivity index (χ1v) is 7.74. The summed E-state index contributed by atoms with van der Waals surface area (Å²) in [6.45, 7) is 6.12. The van der Waals surface area contributed by atoms with Crippen LogP contribution in [-0.4, -0.2) is 26.9 Å². The lowest BCUT2D eigenvalue weighted by atomic mass is 10.0. The first-order valence-electron chi connectivity index (χ1n) is 6.86. The van der Waals surface area contributed by atoms with Crippen molar-refractivity contribution in [2.45, 2.75) is 45.7 Å². The van der Waals surface area contributed by atoms with Gasteiger partial charge in [0.1, 0.15) is 0 Å². The number of hydrogen-bond donors (Lipinski definition) is 0. The van der Waals surface area contributed by atoms with Gasteiger partial charge in [0.2, 0.25) is 0 Å². The van der Waals surface area contributed by atoms with E-state index in [9.17, 15) is 4.79 Å². The van der Waals surface area contributed by atoms with Crippen LogP contribution in [0.15, 0.2) is 16.2 Å². The van der Waals surface area contributed by atoms with Gasteiger partial charge in [-0.3, -0.25) is 14.1 Å². The Morgan fingerprint density at radius 3 is 3.11 bits per heavy atom. The second kappa shape index (κ2) is 5.06. The first-order chi connectivity index (χ1) is 9.15. The van der Waals surface area contributed by atoms with Crippen LogP contribution in [0.4, 0.5) is 0 Å². The molecule has 0 radical (unpaired) electrons. The fourth-order valence-corrected chi connectivity index (χ4v) is 3.67. The quantitative estimate of drug-likeness (QED) is 0.846. The van der Waals surface area contributed by atoms with Gasteiger partial charge in [0.05, 0.1) is 5.69 Å². The van der Waals surface area contributed by atoms with Gasteiger partial charge < -0.3 is 0 Å². The van der Waals surface area contributed by atoms with Crippen LogP contribution in [0, 0.1) is 6.92 Å². The van der Waals surface area contributed by atoms with Crippen molar-refractivity contribution in [3.05, 3.63) is 33.2 Å². The fourth-order valence-electron chi connectivity index (χ4n) is 2.78. The Hall–Kier alpha value is -1.20. The van der Waals surface area contributed by atoms with Gasteiger partial charge in [-0.25, -0.2) is 4.98 Å². The summed E-state index contributed by atoms with van der Waals surface area (Å²) in [6.07, 6.45) is 3.82. The van der Waals surface area contributed by atoms with Crippen LogP contribution < -0.4 is 5.56 Å². The molecule has 102 valence electrons. The van der Waals surface area contributed by atoms with Gasteiger partial charge in [0.25, 0.3) is 5.56 Å². The molecule has 0 amide bonds. The van der Waals surface area contributed by atoms with E-state index in [2.05, 4.69) is 16.8 Å². The molecule has 0 aromatic carbocycles. The maximum absolute atomic E-state index is 12.1. The first kappa shape index (κ1) is 12.8. The average molecular weight is 277 g/mol. The Kier molecular flexibility index (Phi) is 3.41. The molecule has 1 atom stereocenters. The Balaban J connectivity index is 1.91. The number of piperidine rings is 1. The summed E-state index contributed by atoms with van der Waals surface area (Å²) in [5.41, 5.74) is 1.92. The zero-order chi connectivity index (χ0) is 13.4. The molecule has 5 heteroatoms. The minimum atomic E-state index is 0.0448. The van der Waals surface area contributed by atoms with Crippen molar-refractivity contribution < 1.29 is 0 Å². The van der Waals surface area contributed by atoms with Crippen molar-refractivity contribution in [1.82, 2.24) is 14.3 Å². The van der Waals surface area contributed by atoms with Gasteiger partial charge in [0, 0.05) is 29.7 Å². The molecule has 1 aliphatic rings. The molecule has 3 rings (SSSR count). The summed E-state index contributed by atoms with van der Waals surface area (Å²) >= 11 is 1.54. The van der Waals surface area contributed by atoms with E-state index in [0.29, 0.717) is 6.04 Å². The van der Waals surface area contributed by atoms with E-state index in [1.54, 1.807) is 10.5 Å². The topological polar surface area (TPSA) is 37.6 Å². The highest BCUT2D eigenvalue weighted by Gasteiger charge is 2.19. The largest absolute Gasteiger partial charge is 0.295 e. The number of rotatable bonds is 2. The highest BCUT2D eigenvalue weighted by atomic mass is 32.1. The SMILES string of the molecule is Cc1csc2nc(CN3CCCCC3C)cc(=O)n12. The fraction of sp³-hybridized carbons (Fsp3) is 0.571. The molecular weight excluding hydrogens is 258 g/mol. The summed E-state index contributed by atoms with van der Waals surface area (Å²) in [5.74, 6) is 0. The van der Waals surface area contributed by atoms with Gasteiger partial charge in [-0.1, -0.05) is 6.42 Å². The second-order valence-corrected chi connectivity index (χ2v) is 6.23. The summed E-state index contributed by atoms with van der Waals surface area (Å²) in [5, 5.41) is 1.98. The molecule has 1 unspecified atom stereocenters.